The van der Waals surface area contributed by atoms with Gasteiger partial charge in [-0.3, -0.25) is 0 Å². The summed E-state index contributed by atoms with van der Waals surface area (Å²) in [4.78, 5) is 0.850. The second-order valence-corrected chi connectivity index (χ2v) is 7.45. The molecule has 0 N–H and O–H groups in total. The molecule has 1 nitrogen and oxygen atoms in total. The van der Waals surface area contributed by atoms with Gasteiger partial charge in [-0.2, -0.15) is 0 Å². The SMILES string of the molecule is COc1c(F)cc(SCC=C(Br)Br)cc1Br. The highest BCUT2D eigenvalue weighted by Crippen LogP contribution is 2.33. The van der Waals surface area contributed by atoms with E-state index >= 15 is 0 Å². The maximum atomic E-state index is 13.5. The van der Waals surface area contributed by atoms with Gasteiger partial charge in [-0.25, -0.2) is 4.39 Å². The van der Waals surface area contributed by atoms with Gasteiger partial charge in [0.1, 0.15) is 0 Å². The Labute approximate surface area is 123 Å². The summed E-state index contributed by atoms with van der Waals surface area (Å²) in [6.45, 7) is 0. The smallest absolute Gasteiger partial charge is 0.168 e. The molecule has 0 aliphatic heterocycles. The predicted molar refractivity (Wildman–Crippen MR) is 77.3 cm³/mol. The maximum Gasteiger partial charge on any atom is 0.168 e. The topological polar surface area (TPSA) is 9.23 Å². The third-order valence-corrected chi connectivity index (χ3v) is 3.80. The molecule has 0 aliphatic rings. The van der Waals surface area contributed by atoms with Crippen molar-refractivity contribution in [3.05, 3.63) is 31.9 Å². The Morgan fingerprint density at radius 3 is 2.69 bits per heavy atom. The van der Waals surface area contributed by atoms with Gasteiger partial charge in [0.2, 0.25) is 0 Å². The van der Waals surface area contributed by atoms with Crippen LogP contribution in [0, 0.1) is 5.82 Å². The molecule has 0 aromatic heterocycles. The van der Waals surface area contributed by atoms with E-state index in [4.69, 9.17) is 4.74 Å². The molecule has 1 aromatic rings. The van der Waals surface area contributed by atoms with E-state index in [0.717, 1.165) is 14.0 Å². The molecule has 88 valence electrons. The number of rotatable bonds is 4. The number of thioether (sulfide) groups is 1. The minimum atomic E-state index is -0.360. The lowest BCUT2D eigenvalue weighted by molar-refractivity contribution is 0.383. The van der Waals surface area contributed by atoms with Crippen molar-refractivity contribution in [3.63, 3.8) is 0 Å². The highest BCUT2D eigenvalue weighted by Gasteiger charge is 2.09. The van der Waals surface area contributed by atoms with Crippen molar-refractivity contribution in [2.45, 2.75) is 4.90 Å². The van der Waals surface area contributed by atoms with Crippen molar-refractivity contribution in [1.82, 2.24) is 0 Å². The van der Waals surface area contributed by atoms with Gasteiger partial charge in [-0.1, -0.05) is 6.08 Å². The third kappa shape index (κ3) is 4.39. The highest BCUT2D eigenvalue weighted by molar-refractivity contribution is 9.28. The fourth-order valence-electron chi connectivity index (χ4n) is 1.02. The summed E-state index contributed by atoms with van der Waals surface area (Å²) in [5, 5.41) is 0. The summed E-state index contributed by atoms with van der Waals surface area (Å²) in [5.41, 5.74) is 0. The molecule has 0 saturated carbocycles. The molecule has 0 bridgehead atoms. The standard InChI is InChI=1S/C10H8Br3FOS/c1-15-10-7(11)4-6(5-8(10)14)16-3-2-9(12)13/h2,4-5H,3H2,1H3. The van der Waals surface area contributed by atoms with Gasteiger partial charge in [-0.15, -0.1) is 11.8 Å². The van der Waals surface area contributed by atoms with Crippen molar-refractivity contribution < 1.29 is 9.13 Å². The lowest BCUT2D eigenvalue weighted by Crippen LogP contribution is -1.90. The Hall–Kier alpha value is 0.480. The Bertz CT molecular complexity index is 382. The third-order valence-electron chi connectivity index (χ3n) is 1.66. The molecule has 0 spiro atoms. The van der Waals surface area contributed by atoms with Crippen molar-refractivity contribution in [3.8, 4) is 5.75 Å². The van der Waals surface area contributed by atoms with E-state index < -0.39 is 0 Å². The Kier molecular flexibility index (Phi) is 6.39. The molecule has 0 saturated heterocycles. The monoisotopic (exact) mass is 432 g/mol. The normalized spacial score (nSPS) is 10.1. The summed E-state index contributed by atoms with van der Waals surface area (Å²) < 4.78 is 19.9. The summed E-state index contributed by atoms with van der Waals surface area (Å²) in [6, 6.07) is 3.30. The first-order chi connectivity index (χ1) is 7.54. The quantitative estimate of drug-likeness (QED) is 0.593. The van der Waals surface area contributed by atoms with E-state index in [2.05, 4.69) is 47.8 Å². The Morgan fingerprint density at radius 1 is 1.50 bits per heavy atom. The Morgan fingerprint density at radius 2 is 2.19 bits per heavy atom. The molecule has 0 fully saturated rings. The van der Waals surface area contributed by atoms with E-state index in [1.807, 2.05) is 12.1 Å². The average Bonchev–Trinajstić information content (AvgIpc) is 2.16. The van der Waals surface area contributed by atoms with Crippen LogP contribution in [-0.2, 0) is 0 Å². The highest BCUT2D eigenvalue weighted by atomic mass is 79.9. The first kappa shape index (κ1) is 14.5. The van der Waals surface area contributed by atoms with Crippen LogP contribution in [-0.4, -0.2) is 12.9 Å². The van der Waals surface area contributed by atoms with Crippen molar-refractivity contribution in [1.29, 1.82) is 0 Å². The molecular formula is C10H8Br3FOS. The van der Waals surface area contributed by atoms with Crippen LogP contribution in [0.2, 0.25) is 0 Å². The van der Waals surface area contributed by atoms with Crippen LogP contribution in [0.5, 0.6) is 5.75 Å². The molecule has 6 heteroatoms. The first-order valence-electron chi connectivity index (χ1n) is 4.21. The van der Waals surface area contributed by atoms with Gasteiger partial charge in [0.15, 0.2) is 11.6 Å². The lowest BCUT2D eigenvalue weighted by atomic mass is 10.3. The van der Waals surface area contributed by atoms with Gasteiger partial charge in [0, 0.05) is 10.6 Å². The van der Waals surface area contributed by atoms with Crippen LogP contribution in [0.1, 0.15) is 0 Å². The molecule has 0 amide bonds. The molecular weight excluding hydrogens is 427 g/mol. The molecule has 1 rings (SSSR count). The number of hydrogen-bond donors (Lipinski definition) is 0. The van der Waals surface area contributed by atoms with Crippen LogP contribution >= 0.6 is 59.6 Å². The Balaban J connectivity index is 2.80. The molecule has 0 aliphatic carbocycles. The molecule has 0 heterocycles. The fraction of sp³-hybridized carbons (Fsp3) is 0.200. The molecule has 16 heavy (non-hydrogen) atoms. The van der Waals surface area contributed by atoms with E-state index in [9.17, 15) is 4.39 Å². The zero-order valence-corrected chi connectivity index (χ0v) is 13.8. The predicted octanol–water partition coefficient (Wildman–Crippen LogP) is 5.32. The number of methoxy groups -OCH3 is 1. The minimum absolute atomic E-state index is 0.238. The van der Waals surface area contributed by atoms with Crippen molar-refractivity contribution in [2.24, 2.45) is 0 Å². The van der Waals surface area contributed by atoms with Gasteiger partial charge < -0.3 is 4.74 Å². The van der Waals surface area contributed by atoms with Crippen LogP contribution < -0.4 is 4.74 Å². The fourth-order valence-corrected chi connectivity index (χ4v) is 3.35. The number of benzene rings is 1. The summed E-state index contributed by atoms with van der Waals surface area (Å²) >= 11 is 11.3. The van der Waals surface area contributed by atoms with Crippen LogP contribution in [0.3, 0.4) is 0 Å². The second kappa shape index (κ2) is 7.03. The van der Waals surface area contributed by atoms with Crippen molar-refractivity contribution >= 4 is 59.6 Å². The van der Waals surface area contributed by atoms with Crippen LogP contribution in [0.4, 0.5) is 4.39 Å². The first-order valence-corrected chi connectivity index (χ1v) is 7.58. The summed E-state index contributed by atoms with van der Waals surface area (Å²) in [6.07, 6.45) is 1.95. The molecule has 0 unspecified atom stereocenters. The minimum Gasteiger partial charge on any atom is -0.492 e. The van der Waals surface area contributed by atoms with E-state index in [1.54, 1.807) is 0 Å². The van der Waals surface area contributed by atoms with Gasteiger partial charge in [0.05, 0.1) is 15.0 Å². The maximum absolute atomic E-state index is 13.5. The summed E-state index contributed by atoms with van der Waals surface area (Å²) in [5.74, 6) is 0.632. The molecule has 1 aromatic carbocycles. The van der Waals surface area contributed by atoms with E-state index in [1.165, 1.54) is 24.9 Å². The molecule has 0 atom stereocenters. The molecule has 0 radical (unpaired) electrons. The zero-order chi connectivity index (χ0) is 12.1. The number of ether oxygens (including phenoxy) is 1. The van der Waals surface area contributed by atoms with Crippen LogP contribution in [0.25, 0.3) is 0 Å². The van der Waals surface area contributed by atoms with Gasteiger partial charge in [-0.05, 0) is 59.9 Å². The summed E-state index contributed by atoms with van der Waals surface area (Å²) in [7, 11) is 1.45. The van der Waals surface area contributed by atoms with E-state index in [-0.39, 0.29) is 11.6 Å². The largest absolute Gasteiger partial charge is 0.492 e. The van der Waals surface area contributed by atoms with Crippen LogP contribution in [0.15, 0.2) is 31.0 Å². The number of halogens is 4. The van der Waals surface area contributed by atoms with Gasteiger partial charge >= 0.3 is 0 Å². The average molecular weight is 435 g/mol. The number of hydrogen-bond acceptors (Lipinski definition) is 2. The van der Waals surface area contributed by atoms with Gasteiger partial charge in [0.25, 0.3) is 0 Å². The van der Waals surface area contributed by atoms with Crippen molar-refractivity contribution in [2.75, 3.05) is 12.9 Å². The lowest BCUT2D eigenvalue weighted by Gasteiger charge is -2.06. The second-order valence-electron chi connectivity index (χ2n) is 2.72. The van der Waals surface area contributed by atoms with E-state index in [0.29, 0.717) is 4.47 Å². The zero-order valence-electron chi connectivity index (χ0n) is 8.27.